The first kappa shape index (κ1) is 32.0. The molecule has 0 heterocycles. The molecule has 0 aromatic heterocycles. The Bertz CT molecular complexity index is 772. The summed E-state index contributed by atoms with van der Waals surface area (Å²) in [5, 5.41) is 4.35. The molecule has 2 aromatic carbocycles. The summed E-state index contributed by atoms with van der Waals surface area (Å²) in [7, 11) is 0. The third kappa shape index (κ3) is 17.5. The molecule has 0 fully saturated rings. The first-order chi connectivity index (χ1) is 14.9. The minimum Gasteiger partial charge on any atom is -0.465 e. The average Bonchev–Trinajstić information content (AvgIpc) is 2.77. The zero-order chi connectivity index (χ0) is 23.5. The summed E-state index contributed by atoms with van der Waals surface area (Å²) in [4.78, 5) is 31.1. The highest BCUT2D eigenvalue weighted by Crippen LogP contribution is 2.09. The number of nitrogens with one attached hydrogen (secondary N) is 1. The zero-order valence-electron chi connectivity index (χ0n) is 18.0. The molecule has 7 nitrogen and oxygen atoms in total. The predicted molar refractivity (Wildman–Crippen MR) is 130 cm³/mol. The Hall–Kier alpha value is -2.16. The lowest BCUT2D eigenvalue weighted by Gasteiger charge is -2.04. The Morgan fingerprint density at radius 3 is 1.78 bits per heavy atom. The molecule has 32 heavy (non-hydrogen) atoms. The molecule has 0 unspecified atom stereocenters. The molecule has 3 N–H and O–H groups in total. The fraction of sp³-hybridized carbons (Fsp3) is 0.318. The fourth-order valence-corrected chi connectivity index (χ4v) is 2.14. The van der Waals surface area contributed by atoms with E-state index in [1.165, 1.54) is 0 Å². The zero-order valence-corrected chi connectivity index (χ0v) is 20.3. The number of benzene rings is 2. The Kier molecular flexibility index (Phi) is 20.7. The molecule has 2 aromatic rings. The Labute approximate surface area is 205 Å². The van der Waals surface area contributed by atoms with Crippen LogP contribution in [0.5, 0.6) is 0 Å². The van der Waals surface area contributed by atoms with Crippen LogP contribution in [-0.4, -0.2) is 44.5 Å². The molecule has 0 atom stereocenters. The van der Waals surface area contributed by atoms with Gasteiger partial charge in [-0.15, -0.1) is 12.4 Å². The van der Waals surface area contributed by atoms with Crippen molar-refractivity contribution >= 4 is 53.8 Å². The van der Waals surface area contributed by atoms with Crippen molar-refractivity contribution in [1.82, 2.24) is 5.32 Å². The molecular weight excluding hydrogens is 479 g/mol. The number of esters is 2. The molecule has 0 aliphatic rings. The van der Waals surface area contributed by atoms with Crippen LogP contribution in [0.3, 0.4) is 0 Å². The van der Waals surface area contributed by atoms with Crippen molar-refractivity contribution in [1.29, 1.82) is 0 Å². The van der Waals surface area contributed by atoms with Gasteiger partial charge in [-0.2, -0.15) is 0 Å². The molecule has 0 spiro atoms. The van der Waals surface area contributed by atoms with E-state index < -0.39 is 0 Å². The van der Waals surface area contributed by atoms with E-state index in [0.717, 1.165) is 11.8 Å². The number of carbonyl (C=O) groups is 3. The summed E-state index contributed by atoms with van der Waals surface area (Å²) in [6.45, 7) is 5.21. The molecular formula is C22H29Cl3N2O5. The van der Waals surface area contributed by atoms with Crippen LogP contribution in [-0.2, 0) is 25.6 Å². The van der Waals surface area contributed by atoms with Gasteiger partial charge < -0.3 is 20.5 Å². The minimum atomic E-state index is -0.345. The number of hydrogen-bond donors (Lipinski definition) is 2. The second-order valence-electron chi connectivity index (χ2n) is 5.71. The summed E-state index contributed by atoms with van der Waals surface area (Å²) < 4.78 is 9.20. The number of carbonyl (C=O) groups excluding carboxylic acids is 3. The lowest BCUT2D eigenvalue weighted by Crippen LogP contribution is -2.24. The summed E-state index contributed by atoms with van der Waals surface area (Å²) in [6, 6.07) is 14.2. The fourth-order valence-electron chi connectivity index (χ4n) is 1.88. The third-order valence-electron chi connectivity index (χ3n) is 3.30. The SMILES string of the molecule is CCOC(=O)CN.CCOC(=O)CNCc1ccc(Cl)cc1.Cl.O=Cc1ccc(Cl)cc1. The number of ether oxygens (including phenoxy) is 2. The second kappa shape index (κ2) is 20.7. The van der Waals surface area contributed by atoms with Gasteiger partial charge in [-0.05, 0) is 43.7 Å². The van der Waals surface area contributed by atoms with Crippen LogP contribution in [0.4, 0.5) is 0 Å². The normalized spacial score (nSPS) is 9.03. The molecule has 0 saturated heterocycles. The van der Waals surface area contributed by atoms with Crippen LogP contribution in [0.15, 0.2) is 48.5 Å². The Balaban J connectivity index is 0. The van der Waals surface area contributed by atoms with E-state index in [9.17, 15) is 14.4 Å². The van der Waals surface area contributed by atoms with Crippen molar-refractivity contribution in [3.8, 4) is 0 Å². The van der Waals surface area contributed by atoms with Gasteiger partial charge in [0.1, 0.15) is 6.29 Å². The number of aldehydes is 1. The van der Waals surface area contributed by atoms with Crippen molar-refractivity contribution in [2.75, 3.05) is 26.3 Å². The summed E-state index contributed by atoms with van der Waals surface area (Å²) in [5.41, 5.74) is 6.62. The highest BCUT2D eigenvalue weighted by molar-refractivity contribution is 6.30. The number of nitrogens with two attached hydrogens (primary N) is 1. The molecule has 0 bridgehead atoms. The Morgan fingerprint density at radius 2 is 1.38 bits per heavy atom. The minimum absolute atomic E-state index is 0. The van der Waals surface area contributed by atoms with E-state index >= 15 is 0 Å². The lowest BCUT2D eigenvalue weighted by atomic mass is 10.2. The van der Waals surface area contributed by atoms with Crippen molar-refractivity contribution in [3.05, 3.63) is 69.7 Å². The first-order valence-electron chi connectivity index (χ1n) is 9.53. The predicted octanol–water partition coefficient (Wildman–Crippen LogP) is 4.08. The number of hydrogen-bond acceptors (Lipinski definition) is 7. The van der Waals surface area contributed by atoms with Gasteiger partial charge in [0, 0.05) is 22.2 Å². The first-order valence-corrected chi connectivity index (χ1v) is 10.3. The van der Waals surface area contributed by atoms with E-state index in [0.29, 0.717) is 35.4 Å². The quantitative estimate of drug-likeness (QED) is 0.409. The van der Waals surface area contributed by atoms with Crippen molar-refractivity contribution in [2.24, 2.45) is 5.73 Å². The van der Waals surface area contributed by atoms with Crippen LogP contribution in [0, 0.1) is 0 Å². The van der Waals surface area contributed by atoms with Crippen LogP contribution in [0.2, 0.25) is 10.0 Å². The number of halogens is 3. The lowest BCUT2D eigenvalue weighted by molar-refractivity contribution is -0.142. The van der Waals surface area contributed by atoms with Crippen molar-refractivity contribution < 1.29 is 23.9 Å². The highest BCUT2D eigenvalue weighted by atomic mass is 35.5. The maximum Gasteiger partial charge on any atom is 0.319 e. The van der Waals surface area contributed by atoms with E-state index in [2.05, 4.69) is 10.1 Å². The second-order valence-corrected chi connectivity index (χ2v) is 6.59. The largest absolute Gasteiger partial charge is 0.465 e. The van der Waals surface area contributed by atoms with E-state index in [1.807, 2.05) is 24.3 Å². The summed E-state index contributed by atoms with van der Waals surface area (Å²) in [6.07, 6.45) is 0.788. The standard InChI is InChI=1S/C11H14ClNO2.C7H5ClO.C4H9NO2.ClH/c1-2-15-11(14)8-13-7-9-3-5-10(12)6-4-9;8-7-3-1-6(5-9)2-4-7;1-2-7-4(6)3-5;/h3-6,13H,2,7-8H2,1H3;1-5H;2-3,5H2,1H3;1H. The van der Waals surface area contributed by atoms with Crippen molar-refractivity contribution in [2.45, 2.75) is 20.4 Å². The molecule has 0 aliphatic carbocycles. The topological polar surface area (TPSA) is 108 Å². The van der Waals surface area contributed by atoms with E-state index in [1.54, 1.807) is 38.1 Å². The summed E-state index contributed by atoms with van der Waals surface area (Å²) >= 11 is 11.3. The molecule has 0 radical (unpaired) electrons. The average molecular weight is 508 g/mol. The van der Waals surface area contributed by atoms with Gasteiger partial charge >= 0.3 is 11.9 Å². The smallest absolute Gasteiger partial charge is 0.319 e. The molecule has 178 valence electrons. The van der Waals surface area contributed by atoms with E-state index in [4.69, 9.17) is 33.7 Å². The highest BCUT2D eigenvalue weighted by Gasteiger charge is 2.00. The Morgan fingerprint density at radius 1 is 0.906 bits per heavy atom. The summed E-state index contributed by atoms with van der Waals surface area (Å²) in [5.74, 6) is -0.575. The molecule has 10 heteroatoms. The van der Waals surface area contributed by atoms with Gasteiger partial charge in [0.2, 0.25) is 0 Å². The number of rotatable bonds is 8. The van der Waals surface area contributed by atoms with Gasteiger partial charge in [0.15, 0.2) is 0 Å². The maximum absolute atomic E-state index is 11.0. The molecule has 0 saturated carbocycles. The van der Waals surface area contributed by atoms with Crippen LogP contribution < -0.4 is 11.1 Å². The monoisotopic (exact) mass is 506 g/mol. The van der Waals surface area contributed by atoms with E-state index in [-0.39, 0.29) is 37.4 Å². The van der Waals surface area contributed by atoms with Gasteiger partial charge in [-0.25, -0.2) is 0 Å². The third-order valence-corrected chi connectivity index (χ3v) is 3.80. The van der Waals surface area contributed by atoms with Crippen LogP contribution in [0.1, 0.15) is 29.8 Å². The maximum atomic E-state index is 11.0. The van der Waals surface area contributed by atoms with Crippen molar-refractivity contribution in [3.63, 3.8) is 0 Å². The van der Waals surface area contributed by atoms with Crippen LogP contribution >= 0.6 is 35.6 Å². The van der Waals surface area contributed by atoms with Gasteiger partial charge in [-0.1, -0.05) is 47.5 Å². The van der Waals surface area contributed by atoms with Gasteiger partial charge in [-0.3, -0.25) is 14.4 Å². The van der Waals surface area contributed by atoms with Crippen LogP contribution in [0.25, 0.3) is 0 Å². The van der Waals surface area contributed by atoms with Gasteiger partial charge in [0.05, 0.1) is 26.3 Å². The molecule has 2 rings (SSSR count). The molecule has 0 aliphatic heterocycles. The molecule has 0 amide bonds. The van der Waals surface area contributed by atoms with Gasteiger partial charge in [0.25, 0.3) is 0 Å².